The third-order valence-corrected chi connectivity index (χ3v) is 6.04. The van der Waals surface area contributed by atoms with Crippen LogP contribution in [0.25, 0.3) is 0 Å². The van der Waals surface area contributed by atoms with Crippen LogP contribution in [0.4, 0.5) is 0 Å². The van der Waals surface area contributed by atoms with E-state index in [1.165, 1.54) is 0 Å². The summed E-state index contributed by atoms with van der Waals surface area (Å²) in [6.07, 6.45) is 7.33. The molecule has 1 heterocycles. The number of rotatable bonds is 6. The Hall–Kier alpha value is -0.170. The molecule has 20 heavy (non-hydrogen) atoms. The van der Waals surface area contributed by atoms with Gasteiger partial charge in [0.1, 0.15) is 0 Å². The minimum Gasteiger partial charge on any atom is -0.313 e. The molecule has 1 aliphatic heterocycles. The SMILES string of the molecule is CC(C)NCC1CCCCN1S(=O)(=O)NC1CCCC1. The molecule has 118 valence electrons. The zero-order valence-corrected chi connectivity index (χ0v) is 13.6. The third kappa shape index (κ3) is 4.41. The highest BCUT2D eigenvalue weighted by molar-refractivity contribution is 7.87. The van der Waals surface area contributed by atoms with Gasteiger partial charge in [-0.25, -0.2) is 0 Å². The van der Waals surface area contributed by atoms with Gasteiger partial charge >= 0.3 is 0 Å². The minimum atomic E-state index is -3.32. The van der Waals surface area contributed by atoms with Gasteiger partial charge in [0.2, 0.25) is 0 Å². The van der Waals surface area contributed by atoms with Gasteiger partial charge in [-0.3, -0.25) is 0 Å². The van der Waals surface area contributed by atoms with Gasteiger partial charge in [0.15, 0.2) is 0 Å². The van der Waals surface area contributed by atoms with Gasteiger partial charge in [-0.1, -0.05) is 33.1 Å². The van der Waals surface area contributed by atoms with Crippen molar-refractivity contribution in [3.63, 3.8) is 0 Å². The molecule has 5 nitrogen and oxygen atoms in total. The number of piperidine rings is 1. The summed E-state index contributed by atoms with van der Waals surface area (Å²) in [4.78, 5) is 0. The van der Waals surface area contributed by atoms with E-state index in [0.29, 0.717) is 12.6 Å². The molecule has 0 radical (unpaired) electrons. The lowest BCUT2D eigenvalue weighted by molar-refractivity contribution is 0.238. The molecule has 1 atom stereocenters. The van der Waals surface area contributed by atoms with Gasteiger partial charge in [0, 0.05) is 31.2 Å². The Labute approximate surface area is 123 Å². The highest BCUT2D eigenvalue weighted by Gasteiger charge is 2.34. The number of hydrogen-bond donors (Lipinski definition) is 2. The fourth-order valence-corrected chi connectivity index (χ4v) is 4.92. The molecule has 0 aromatic heterocycles. The van der Waals surface area contributed by atoms with Crippen molar-refractivity contribution in [2.75, 3.05) is 13.1 Å². The average molecular weight is 303 g/mol. The molecule has 2 N–H and O–H groups in total. The highest BCUT2D eigenvalue weighted by Crippen LogP contribution is 2.23. The van der Waals surface area contributed by atoms with Gasteiger partial charge in [-0.05, 0) is 25.7 Å². The van der Waals surface area contributed by atoms with Gasteiger partial charge < -0.3 is 5.32 Å². The van der Waals surface area contributed by atoms with Crippen molar-refractivity contribution in [2.45, 2.75) is 76.9 Å². The number of hydrogen-bond acceptors (Lipinski definition) is 3. The topological polar surface area (TPSA) is 61.4 Å². The maximum atomic E-state index is 12.6. The molecule has 1 saturated heterocycles. The standard InChI is InChI=1S/C14H29N3O2S/c1-12(2)15-11-14-9-5-6-10-17(14)20(18,19)16-13-7-3-4-8-13/h12-16H,3-11H2,1-2H3. The predicted octanol–water partition coefficient (Wildman–Crippen LogP) is 1.62. The molecule has 1 unspecified atom stereocenters. The van der Waals surface area contributed by atoms with Crippen molar-refractivity contribution in [2.24, 2.45) is 0 Å². The zero-order chi connectivity index (χ0) is 14.6. The monoisotopic (exact) mass is 303 g/mol. The second-order valence-corrected chi connectivity index (χ2v) is 8.08. The van der Waals surface area contributed by atoms with Gasteiger partial charge in [0.25, 0.3) is 10.2 Å². The predicted molar refractivity (Wildman–Crippen MR) is 81.8 cm³/mol. The maximum Gasteiger partial charge on any atom is 0.279 e. The van der Waals surface area contributed by atoms with Crippen molar-refractivity contribution in [1.29, 1.82) is 0 Å². The highest BCUT2D eigenvalue weighted by atomic mass is 32.2. The molecule has 0 bridgehead atoms. The lowest BCUT2D eigenvalue weighted by atomic mass is 10.0. The Balaban J connectivity index is 1.97. The Morgan fingerprint density at radius 1 is 1.10 bits per heavy atom. The van der Waals surface area contributed by atoms with E-state index in [-0.39, 0.29) is 12.1 Å². The summed E-state index contributed by atoms with van der Waals surface area (Å²) in [5.74, 6) is 0. The van der Waals surface area contributed by atoms with Crippen molar-refractivity contribution < 1.29 is 8.42 Å². The quantitative estimate of drug-likeness (QED) is 0.784. The Bertz CT molecular complexity index is 391. The second kappa shape index (κ2) is 7.20. The van der Waals surface area contributed by atoms with E-state index in [9.17, 15) is 8.42 Å². The summed E-state index contributed by atoms with van der Waals surface area (Å²) in [5, 5.41) is 3.38. The molecule has 0 spiro atoms. The van der Waals surface area contributed by atoms with Gasteiger partial charge in [0.05, 0.1) is 0 Å². The lowest BCUT2D eigenvalue weighted by Gasteiger charge is -2.36. The first-order valence-electron chi connectivity index (χ1n) is 8.01. The molecule has 2 rings (SSSR count). The summed E-state index contributed by atoms with van der Waals surface area (Å²) in [6.45, 7) is 5.60. The van der Waals surface area contributed by atoms with E-state index in [0.717, 1.165) is 51.5 Å². The van der Waals surface area contributed by atoms with Gasteiger partial charge in [-0.2, -0.15) is 17.4 Å². The van der Waals surface area contributed by atoms with Crippen LogP contribution in [-0.2, 0) is 10.2 Å². The van der Waals surface area contributed by atoms with Crippen molar-refractivity contribution in [3.8, 4) is 0 Å². The Morgan fingerprint density at radius 2 is 1.75 bits per heavy atom. The van der Waals surface area contributed by atoms with E-state index in [1.807, 2.05) is 0 Å². The van der Waals surface area contributed by atoms with Crippen LogP contribution in [0.2, 0.25) is 0 Å². The smallest absolute Gasteiger partial charge is 0.279 e. The fraction of sp³-hybridized carbons (Fsp3) is 1.00. The molecule has 0 aromatic carbocycles. The molecule has 6 heteroatoms. The molecule has 0 amide bonds. The van der Waals surface area contributed by atoms with E-state index in [1.54, 1.807) is 4.31 Å². The summed E-state index contributed by atoms with van der Waals surface area (Å²) < 4.78 is 29.8. The lowest BCUT2D eigenvalue weighted by Crippen LogP contribution is -2.54. The molecule has 1 saturated carbocycles. The average Bonchev–Trinajstić information content (AvgIpc) is 2.88. The molecule has 2 fully saturated rings. The van der Waals surface area contributed by atoms with Crippen molar-refractivity contribution >= 4 is 10.2 Å². The molecule has 0 aromatic rings. The largest absolute Gasteiger partial charge is 0.313 e. The van der Waals surface area contributed by atoms with Crippen LogP contribution in [0.3, 0.4) is 0 Å². The van der Waals surface area contributed by atoms with Crippen molar-refractivity contribution in [3.05, 3.63) is 0 Å². The van der Waals surface area contributed by atoms with E-state index >= 15 is 0 Å². The van der Waals surface area contributed by atoms with E-state index in [4.69, 9.17) is 0 Å². The zero-order valence-electron chi connectivity index (χ0n) is 12.8. The first-order valence-corrected chi connectivity index (χ1v) is 9.45. The van der Waals surface area contributed by atoms with E-state index < -0.39 is 10.2 Å². The van der Waals surface area contributed by atoms with Crippen LogP contribution >= 0.6 is 0 Å². The Kier molecular flexibility index (Phi) is 5.84. The molecular weight excluding hydrogens is 274 g/mol. The van der Waals surface area contributed by atoms with Crippen LogP contribution in [-0.4, -0.2) is 43.9 Å². The molecular formula is C14H29N3O2S. The van der Waals surface area contributed by atoms with Crippen LogP contribution in [0.1, 0.15) is 58.8 Å². The molecule has 2 aliphatic rings. The number of nitrogens with one attached hydrogen (secondary N) is 2. The first-order chi connectivity index (χ1) is 9.49. The first kappa shape index (κ1) is 16.2. The van der Waals surface area contributed by atoms with E-state index in [2.05, 4.69) is 23.9 Å². The normalized spacial score (nSPS) is 26.4. The summed E-state index contributed by atoms with van der Waals surface area (Å²) in [7, 11) is -3.32. The summed E-state index contributed by atoms with van der Waals surface area (Å²) in [6, 6.07) is 0.648. The van der Waals surface area contributed by atoms with Crippen LogP contribution < -0.4 is 10.0 Å². The van der Waals surface area contributed by atoms with Crippen LogP contribution in [0, 0.1) is 0 Å². The van der Waals surface area contributed by atoms with Crippen LogP contribution in [0.5, 0.6) is 0 Å². The maximum absolute atomic E-state index is 12.6. The van der Waals surface area contributed by atoms with Crippen LogP contribution in [0.15, 0.2) is 0 Å². The summed E-state index contributed by atoms with van der Waals surface area (Å²) in [5.41, 5.74) is 0. The van der Waals surface area contributed by atoms with Gasteiger partial charge in [-0.15, -0.1) is 0 Å². The Morgan fingerprint density at radius 3 is 2.40 bits per heavy atom. The summed E-state index contributed by atoms with van der Waals surface area (Å²) >= 11 is 0. The fourth-order valence-electron chi connectivity index (χ4n) is 3.19. The third-order valence-electron chi connectivity index (χ3n) is 4.31. The minimum absolute atomic E-state index is 0.102. The number of nitrogens with zero attached hydrogens (tertiary/aromatic N) is 1. The second-order valence-electron chi connectivity index (χ2n) is 6.43. The molecule has 1 aliphatic carbocycles. The van der Waals surface area contributed by atoms with Crippen molar-refractivity contribution in [1.82, 2.24) is 14.3 Å².